The lowest BCUT2D eigenvalue weighted by Gasteiger charge is -2.04. The van der Waals surface area contributed by atoms with E-state index in [9.17, 15) is 4.79 Å². The van der Waals surface area contributed by atoms with E-state index in [1.807, 2.05) is 13.1 Å². The van der Waals surface area contributed by atoms with Crippen molar-refractivity contribution in [3.63, 3.8) is 0 Å². The molecule has 0 aliphatic heterocycles. The normalized spacial score (nSPS) is 10.5. The number of carbonyl (C=O) groups excluding carboxylic acids is 1. The van der Waals surface area contributed by atoms with Crippen LogP contribution in [0, 0.1) is 6.92 Å². The number of esters is 1. The van der Waals surface area contributed by atoms with Crippen LogP contribution in [-0.2, 0) is 22.6 Å². The summed E-state index contributed by atoms with van der Waals surface area (Å²) in [6, 6.07) is 0. The van der Waals surface area contributed by atoms with Crippen molar-refractivity contribution in [3.05, 3.63) is 24.3 Å². The first-order valence-electron chi connectivity index (χ1n) is 5.43. The van der Waals surface area contributed by atoms with Crippen LogP contribution in [-0.4, -0.2) is 37.1 Å². The summed E-state index contributed by atoms with van der Waals surface area (Å²) in [5.41, 5.74) is 6.39. The van der Waals surface area contributed by atoms with E-state index >= 15 is 0 Å². The van der Waals surface area contributed by atoms with Crippen molar-refractivity contribution in [2.45, 2.75) is 20.0 Å². The number of aromatic nitrogens is 5. The standard InChI is InChI=1S/C10H14N6O2/c1-8-4-13-15(5-8)2-3-18-9(17)6-16-7-12-10(11)14-16/h4-5,7H,2-3,6H2,1H3,(H2,11,14). The van der Waals surface area contributed by atoms with Crippen LogP contribution in [0.25, 0.3) is 0 Å². The minimum absolute atomic E-state index is 0.00232. The predicted octanol–water partition coefficient (Wildman–Crippen LogP) is -0.391. The molecule has 96 valence electrons. The maximum Gasteiger partial charge on any atom is 0.327 e. The van der Waals surface area contributed by atoms with Gasteiger partial charge in [-0.15, -0.1) is 5.10 Å². The predicted molar refractivity (Wildman–Crippen MR) is 62.4 cm³/mol. The molecule has 0 spiro atoms. The average Bonchev–Trinajstić information content (AvgIpc) is 2.88. The lowest BCUT2D eigenvalue weighted by atomic mass is 10.4. The van der Waals surface area contributed by atoms with Crippen molar-refractivity contribution in [1.29, 1.82) is 0 Å². The zero-order valence-electron chi connectivity index (χ0n) is 9.98. The fourth-order valence-corrected chi connectivity index (χ4v) is 1.41. The van der Waals surface area contributed by atoms with Crippen LogP contribution in [0.3, 0.4) is 0 Å². The summed E-state index contributed by atoms with van der Waals surface area (Å²) < 4.78 is 8.09. The Morgan fingerprint density at radius 3 is 2.94 bits per heavy atom. The number of anilines is 1. The summed E-state index contributed by atoms with van der Waals surface area (Å²) in [4.78, 5) is 15.1. The van der Waals surface area contributed by atoms with Crippen molar-refractivity contribution in [1.82, 2.24) is 24.5 Å². The quantitative estimate of drug-likeness (QED) is 0.725. The number of rotatable bonds is 5. The minimum Gasteiger partial charge on any atom is -0.462 e. The molecule has 2 aromatic rings. The van der Waals surface area contributed by atoms with E-state index in [1.54, 1.807) is 10.9 Å². The fourth-order valence-electron chi connectivity index (χ4n) is 1.41. The van der Waals surface area contributed by atoms with Crippen molar-refractivity contribution >= 4 is 11.9 Å². The molecule has 0 aromatic carbocycles. The zero-order chi connectivity index (χ0) is 13.0. The van der Waals surface area contributed by atoms with Gasteiger partial charge in [0.25, 0.3) is 0 Å². The van der Waals surface area contributed by atoms with Gasteiger partial charge in [-0.05, 0) is 12.5 Å². The molecule has 8 nitrogen and oxygen atoms in total. The zero-order valence-corrected chi connectivity index (χ0v) is 9.98. The van der Waals surface area contributed by atoms with Gasteiger partial charge < -0.3 is 10.5 Å². The van der Waals surface area contributed by atoms with E-state index < -0.39 is 0 Å². The molecular formula is C10H14N6O2. The third kappa shape index (κ3) is 3.30. The summed E-state index contributed by atoms with van der Waals surface area (Å²) in [6.07, 6.45) is 5.01. The molecule has 2 aromatic heterocycles. The van der Waals surface area contributed by atoms with Gasteiger partial charge in [-0.1, -0.05) is 0 Å². The van der Waals surface area contributed by atoms with Crippen LogP contribution < -0.4 is 5.73 Å². The molecule has 18 heavy (non-hydrogen) atoms. The number of aryl methyl sites for hydroxylation is 1. The lowest BCUT2D eigenvalue weighted by molar-refractivity contribution is -0.144. The van der Waals surface area contributed by atoms with Gasteiger partial charge in [0.2, 0.25) is 5.95 Å². The lowest BCUT2D eigenvalue weighted by Crippen LogP contribution is -2.17. The highest BCUT2D eigenvalue weighted by Gasteiger charge is 2.06. The van der Waals surface area contributed by atoms with E-state index in [0.29, 0.717) is 6.54 Å². The van der Waals surface area contributed by atoms with E-state index in [4.69, 9.17) is 10.5 Å². The van der Waals surface area contributed by atoms with Crippen molar-refractivity contribution in [2.75, 3.05) is 12.3 Å². The molecule has 2 heterocycles. The summed E-state index contributed by atoms with van der Waals surface area (Å²) >= 11 is 0. The molecule has 2 rings (SSSR count). The maximum absolute atomic E-state index is 11.4. The van der Waals surface area contributed by atoms with Crippen LogP contribution in [0.4, 0.5) is 5.95 Å². The van der Waals surface area contributed by atoms with E-state index in [0.717, 1.165) is 5.56 Å². The molecule has 8 heteroatoms. The molecular weight excluding hydrogens is 236 g/mol. The number of carbonyl (C=O) groups is 1. The number of hydrogen-bond acceptors (Lipinski definition) is 6. The molecule has 0 saturated carbocycles. The van der Waals surface area contributed by atoms with E-state index in [1.165, 1.54) is 11.0 Å². The van der Waals surface area contributed by atoms with Crippen molar-refractivity contribution in [3.8, 4) is 0 Å². The largest absolute Gasteiger partial charge is 0.462 e. The SMILES string of the molecule is Cc1cnn(CCOC(=O)Cn2cnc(N)n2)c1. The minimum atomic E-state index is -0.385. The van der Waals surface area contributed by atoms with Gasteiger partial charge in [0.15, 0.2) is 0 Å². The van der Waals surface area contributed by atoms with Gasteiger partial charge in [-0.3, -0.25) is 9.48 Å². The van der Waals surface area contributed by atoms with Gasteiger partial charge in [-0.25, -0.2) is 9.67 Å². The number of ether oxygens (including phenoxy) is 1. The first-order chi connectivity index (χ1) is 8.63. The van der Waals surface area contributed by atoms with Gasteiger partial charge in [0, 0.05) is 6.20 Å². The van der Waals surface area contributed by atoms with Gasteiger partial charge in [0.1, 0.15) is 19.5 Å². The van der Waals surface area contributed by atoms with E-state index in [2.05, 4.69) is 15.2 Å². The first kappa shape index (κ1) is 12.1. The van der Waals surface area contributed by atoms with Crippen LogP contribution in [0.15, 0.2) is 18.7 Å². The molecule has 2 N–H and O–H groups in total. The molecule has 0 saturated heterocycles. The number of hydrogen-bond donors (Lipinski definition) is 1. The molecule has 0 bridgehead atoms. The second-order valence-electron chi connectivity index (χ2n) is 3.80. The molecule has 0 radical (unpaired) electrons. The third-order valence-corrected chi connectivity index (χ3v) is 2.19. The Balaban J connectivity index is 1.72. The molecule has 0 atom stereocenters. The van der Waals surface area contributed by atoms with Gasteiger partial charge >= 0.3 is 5.97 Å². The topological polar surface area (TPSA) is 101 Å². The highest BCUT2D eigenvalue weighted by molar-refractivity contribution is 5.68. The monoisotopic (exact) mass is 250 g/mol. The Morgan fingerprint density at radius 1 is 1.50 bits per heavy atom. The maximum atomic E-state index is 11.4. The Hall–Kier alpha value is -2.38. The van der Waals surface area contributed by atoms with Crippen LogP contribution >= 0.6 is 0 Å². The van der Waals surface area contributed by atoms with Gasteiger partial charge in [-0.2, -0.15) is 5.10 Å². The Kier molecular flexibility index (Phi) is 3.56. The Bertz CT molecular complexity index is 532. The second kappa shape index (κ2) is 5.30. The van der Waals surface area contributed by atoms with Gasteiger partial charge in [0.05, 0.1) is 12.7 Å². The average molecular weight is 250 g/mol. The summed E-state index contributed by atoms with van der Waals surface area (Å²) in [5, 5.41) is 7.87. The number of nitrogens with two attached hydrogens (primary N) is 1. The highest BCUT2D eigenvalue weighted by atomic mass is 16.5. The van der Waals surface area contributed by atoms with Crippen molar-refractivity contribution < 1.29 is 9.53 Å². The van der Waals surface area contributed by atoms with Crippen LogP contribution in [0.5, 0.6) is 0 Å². The third-order valence-electron chi connectivity index (χ3n) is 2.19. The summed E-state index contributed by atoms with van der Waals surface area (Å²) in [6.45, 7) is 2.75. The molecule has 0 aliphatic carbocycles. The molecule has 0 unspecified atom stereocenters. The molecule has 0 aliphatic rings. The van der Waals surface area contributed by atoms with E-state index in [-0.39, 0.29) is 25.1 Å². The molecule has 0 fully saturated rings. The Labute approximate surface area is 103 Å². The Morgan fingerprint density at radius 2 is 2.33 bits per heavy atom. The van der Waals surface area contributed by atoms with Crippen LogP contribution in [0.1, 0.15) is 5.56 Å². The first-order valence-corrected chi connectivity index (χ1v) is 5.43. The smallest absolute Gasteiger partial charge is 0.327 e. The van der Waals surface area contributed by atoms with Crippen LogP contribution in [0.2, 0.25) is 0 Å². The number of nitrogens with zero attached hydrogens (tertiary/aromatic N) is 5. The fraction of sp³-hybridized carbons (Fsp3) is 0.400. The summed E-state index contributed by atoms with van der Waals surface area (Å²) in [5.74, 6) is -0.251. The second-order valence-corrected chi connectivity index (χ2v) is 3.80. The highest BCUT2D eigenvalue weighted by Crippen LogP contribution is 1.95. The number of nitrogen functional groups attached to an aromatic ring is 1. The van der Waals surface area contributed by atoms with Crippen molar-refractivity contribution in [2.24, 2.45) is 0 Å². The summed E-state index contributed by atoms with van der Waals surface area (Å²) in [7, 11) is 0. The molecule has 0 amide bonds.